The molecule has 2 N–H and O–H groups in total. The van der Waals surface area contributed by atoms with Crippen molar-refractivity contribution in [1.82, 2.24) is 5.32 Å². The van der Waals surface area contributed by atoms with Gasteiger partial charge in [-0.1, -0.05) is 59.3 Å². The first kappa shape index (κ1) is 16.8. The highest BCUT2D eigenvalue weighted by Gasteiger charge is 2.38. The molecule has 3 nitrogen and oxygen atoms in total. The van der Waals surface area contributed by atoms with Gasteiger partial charge in [0.25, 0.3) is 0 Å². The third-order valence-electron chi connectivity index (χ3n) is 4.25. The number of hydrogen-bond donors (Lipinski definition) is 2. The van der Waals surface area contributed by atoms with Crippen LogP contribution in [0.1, 0.15) is 51.0 Å². The number of nitrogens with one attached hydrogen (secondary N) is 1. The van der Waals surface area contributed by atoms with E-state index in [1.165, 1.54) is 12.8 Å². The van der Waals surface area contributed by atoms with Crippen LogP contribution in [0.4, 0.5) is 0 Å². The van der Waals surface area contributed by atoms with Crippen molar-refractivity contribution >= 4 is 33.5 Å². The molecule has 21 heavy (non-hydrogen) atoms. The molecular weight excluding hydrogens is 354 g/mol. The summed E-state index contributed by atoms with van der Waals surface area (Å²) in [6.07, 6.45) is 6.83. The van der Waals surface area contributed by atoms with Gasteiger partial charge in [0, 0.05) is 21.1 Å². The molecule has 2 rings (SSSR count). The van der Waals surface area contributed by atoms with Gasteiger partial charge in [0.1, 0.15) is 5.54 Å². The number of benzene rings is 1. The van der Waals surface area contributed by atoms with Gasteiger partial charge in [0.2, 0.25) is 0 Å². The minimum absolute atomic E-state index is 0.230. The summed E-state index contributed by atoms with van der Waals surface area (Å²) in [7, 11) is 0. The van der Waals surface area contributed by atoms with Crippen LogP contribution < -0.4 is 5.32 Å². The number of carbonyl (C=O) groups is 1. The Labute approximate surface area is 139 Å². The van der Waals surface area contributed by atoms with Crippen molar-refractivity contribution in [2.24, 2.45) is 0 Å². The maximum absolute atomic E-state index is 11.9. The molecule has 1 saturated carbocycles. The van der Waals surface area contributed by atoms with E-state index in [4.69, 9.17) is 11.6 Å². The molecule has 1 unspecified atom stereocenters. The average Bonchev–Trinajstić information content (AvgIpc) is 2.66. The van der Waals surface area contributed by atoms with Crippen molar-refractivity contribution in [2.75, 3.05) is 0 Å². The Bertz CT molecular complexity index is 515. The Morgan fingerprint density at radius 1 is 1.33 bits per heavy atom. The molecule has 1 aliphatic carbocycles. The highest BCUT2D eigenvalue weighted by Crippen LogP contribution is 2.32. The van der Waals surface area contributed by atoms with Gasteiger partial charge in [-0.15, -0.1) is 0 Å². The van der Waals surface area contributed by atoms with Crippen LogP contribution in [-0.2, 0) is 10.3 Å². The second kappa shape index (κ2) is 7.12. The summed E-state index contributed by atoms with van der Waals surface area (Å²) < 4.78 is 0.846. The third kappa shape index (κ3) is 3.99. The fraction of sp³-hybridized carbons (Fsp3) is 0.562. The van der Waals surface area contributed by atoms with Gasteiger partial charge in [-0.3, -0.25) is 5.32 Å². The van der Waals surface area contributed by atoms with E-state index >= 15 is 0 Å². The topological polar surface area (TPSA) is 49.3 Å². The zero-order valence-electron chi connectivity index (χ0n) is 12.2. The van der Waals surface area contributed by atoms with E-state index in [0.29, 0.717) is 10.6 Å². The van der Waals surface area contributed by atoms with E-state index in [2.05, 4.69) is 21.2 Å². The van der Waals surface area contributed by atoms with Gasteiger partial charge in [-0.25, -0.2) is 4.79 Å². The summed E-state index contributed by atoms with van der Waals surface area (Å²) in [6, 6.07) is 5.59. The molecule has 0 radical (unpaired) electrons. The molecule has 1 fully saturated rings. The second-order valence-electron chi connectivity index (χ2n) is 5.89. The highest BCUT2D eigenvalue weighted by atomic mass is 79.9. The number of aliphatic carboxylic acids is 1. The molecule has 1 aromatic rings. The van der Waals surface area contributed by atoms with E-state index in [0.717, 1.165) is 30.2 Å². The molecule has 0 spiro atoms. The van der Waals surface area contributed by atoms with Gasteiger partial charge in [-0.2, -0.15) is 0 Å². The quantitative estimate of drug-likeness (QED) is 0.750. The van der Waals surface area contributed by atoms with Gasteiger partial charge >= 0.3 is 5.97 Å². The Morgan fingerprint density at radius 3 is 2.48 bits per heavy atom. The van der Waals surface area contributed by atoms with Crippen LogP contribution in [0, 0.1) is 0 Å². The fourth-order valence-corrected chi connectivity index (χ4v) is 3.84. The Morgan fingerprint density at radius 2 is 1.95 bits per heavy atom. The predicted molar refractivity (Wildman–Crippen MR) is 88.8 cm³/mol. The largest absolute Gasteiger partial charge is 0.480 e. The van der Waals surface area contributed by atoms with Crippen LogP contribution in [0.5, 0.6) is 0 Å². The number of halogens is 2. The van der Waals surface area contributed by atoms with Crippen LogP contribution in [0.25, 0.3) is 0 Å². The Hall–Kier alpha value is -0.580. The van der Waals surface area contributed by atoms with E-state index in [1.54, 1.807) is 19.1 Å². The van der Waals surface area contributed by atoms with Gasteiger partial charge in [-0.05, 0) is 31.9 Å². The van der Waals surface area contributed by atoms with Crippen molar-refractivity contribution in [3.63, 3.8) is 0 Å². The smallest absolute Gasteiger partial charge is 0.328 e. The first-order valence-electron chi connectivity index (χ1n) is 7.40. The fourth-order valence-electron chi connectivity index (χ4n) is 2.98. The third-order valence-corrected chi connectivity index (χ3v) is 5.05. The summed E-state index contributed by atoms with van der Waals surface area (Å²) in [4.78, 5) is 11.9. The minimum atomic E-state index is -1.16. The zero-order chi connectivity index (χ0) is 15.5. The lowest BCUT2D eigenvalue weighted by Gasteiger charge is -2.32. The lowest BCUT2D eigenvalue weighted by molar-refractivity contribution is -0.145. The van der Waals surface area contributed by atoms with Crippen molar-refractivity contribution in [3.8, 4) is 0 Å². The van der Waals surface area contributed by atoms with Crippen molar-refractivity contribution in [2.45, 2.75) is 57.0 Å². The average molecular weight is 375 g/mol. The molecule has 0 bridgehead atoms. The monoisotopic (exact) mass is 373 g/mol. The summed E-state index contributed by atoms with van der Waals surface area (Å²) >= 11 is 9.63. The molecule has 0 saturated heterocycles. The lowest BCUT2D eigenvalue weighted by Crippen LogP contribution is -2.51. The second-order valence-corrected chi connectivity index (χ2v) is 7.21. The Balaban J connectivity index is 2.28. The number of rotatable bonds is 4. The maximum atomic E-state index is 11.9. The van der Waals surface area contributed by atoms with Gasteiger partial charge in [0.05, 0.1) is 0 Å². The summed E-state index contributed by atoms with van der Waals surface area (Å²) in [5.41, 5.74) is -0.545. The molecule has 1 atom stereocenters. The lowest BCUT2D eigenvalue weighted by atomic mass is 9.90. The van der Waals surface area contributed by atoms with Crippen molar-refractivity contribution in [3.05, 3.63) is 33.3 Å². The minimum Gasteiger partial charge on any atom is -0.480 e. The number of carboxylic acid groups (broad SMARTS) is 1. The number of hydrogen-bond acceptors (Lipinski definition) is 2. The Kier molecular flexibility index (Phi) is 5.69. The maximum Gasteiger partial charge on any atom is 0.328 e. The van der Waals surface area contributed by atoms with E-state index in [9.17, 15) is 9.90 Å². The molecule has 5 heteroatoms. The standard InChI is InChI=1S/C16H21BrClNO2/c1-16(15(20)21,13-9-8-11(17)10-14(13)18)19-12-6-4-2-3-5-7-12/h8-10,12,19H,2-7H2,1H3,(H,20,21). The molecular formula is C16H21BrClNO2. The SMILES string of the molecule is CC(NC1CCCCCC1)(C(=O)O)c1ccc(Br)cc1Cl. The first-order chi connectivity index (χ1) is 9.93. The van der Waals surface area contributed by atoms with Gasteiger partial charge in [0.15, 0.2) is 0 Å². The molecule has 0 aliphatic heterocycles. The molecule has 0 aromatic heterocycles. The normalized spacial score (nSPS) is 19.8. The van der Waals surface area contributed by atoms with Crippen molar-refractivity contribution in [1.29, 1.82) is 0 Å². The highest BCUT2D eigenvalue weighted by molar-refractivity contribution is 9.10. The van der Waals surface area contributed by atoms with E-state index in [-0.39, 0.29) is 6.04 Å². The molecule has 0 amide bonds. The van der Waals surface area contributed by atoms with Crippen LogP contribution in [-0.4, -0.2) is 17.1 Å². The van der Waals surface area contributed by atoms with Crippen LogP contribution in [0.3, 0.4) is 0 Å². The van der Waals surface area contributed by atoms with E-state index in [1.807, 2.05) is 6.07 Å². The van der Waals surface area contributed by atoms with Crippen LogP contribution >= 0.6 is 27.5 Å². The van der Waals surface area contributed by atoms with Crippen LogP contribution in [0.15, 0.2) is 22.7 Å². The van der Waals surface area contributed by atoms with Crippen LogP contribution in [0.2, 0.25) is 5.02 Å². The molecule has 116 valence electrons. The summed E-state index contributed by atoms with van der Waals surface area (Å²) in [5, 5.41) is 13.6. The van der Waals surface area contributed by atoms with Gasteiger partial charge < -0.3 is 5.11 Å². The molecule has 1 aliphatic rings. The first-order valence-corrected chi connectivity index (χ1v) is 8.57. The summed E-state index contributed by atoms with van der Waals surface area (Å²) in [5.74, 6) is -0.893. The predicted octanol–water partition coefficient (Wildman–Crippen LogP) is 4.71. The van der Waals surface area contributed by atoms with E-state index < -0.39 is 11.5 Å². The molecule has 0 heterocycles. The molecule has 1 aromatic carbocycles. The number of carboxylic acids is 1. The zero-order valence-corrected chi connectivity index (χ0v) is 14.5. The van der Waals surface area contributed by atoms with Crippen molar-refractivity contribution < 1.29 is 9.90 Å². The summed E-state index contributed by atoms with van der Waals surface area (Å²) in [6.45, 7) is 1.70.